The SMILES string of the molecule is COc1ccc(C(CN)N2CC3CCC(C2)O3)cc1C. The van der Waals surface area contributed by atoms with Gasteiger partial charge in [-0.2, -0.15) is 0 Å². The maximum atomic E-state index is 6.05. The maximum absolute atomic E-state index is 6.05. The molecule has 2 aliphatic rings. The van der Waals surface area contributed by atoms with Gasteiger partial charge in [-0.15, -0.1) is 0 Å². The average Bonchev–Trinajstić information content (AvgIpc) is 2.79. The number of benzene rings is 1. The molecule has 2 aliphatic heterocycles. The minimum atomic E-state index is 0.284. The van der Waals surface area contributed by atoms with E-state index in [0.717, 1.165) is 18.8 Å². The molecule has 2 heterocycles. The lowest BCUT2D eigenvalue weighted by Gasteiger charge is -2.37. The van der Waals surface area contributed by atoms with Crippen LogP contribution in [0.5, 0.6) is 5.75 Å². The van der Waals surface area contributed by atoms with E-state index >= 15 is 0 Å². The van der Waals surface area contributed by atoms with Crippen molar-refractivity contribution in [2.75, 3.05) is 26.7 Å². The lowest BCUT2D eigenvalue weighted by Crippen LogP contribution is -2.46. The smallest absolute Gasteiger partial charge is 0.121 e. The predicted octanol–water partition coefficient (Wildman–Crippen LogP) is 1.87. The summed E-state index contributed by atoms with van der Waals surface area (Å²) in [5.41, 5.74) is 8.50. The van der Waals surface area contributed by atoms with Crippen LogP contribution in [0.3, 0.4) is 0 Å². The van der Waals surface area contributed by atoms with Crippen molar-refractivity contribution in [1.29, 1.82) is 0 Å². The molecule has 0 aliphatic carbocycles. The van der Waals surface area contributed by atoms with Crippen LogP contribution in [0, 0.1) is 6.92 Å². The molecular weight excluding hydrogens is 252 g/mol. The topological polar surface area (TPSA) is 47.7 Å². The van der Waals surface area contributed by atoms with Crippen LogP contribution in [0.25, 0.3) is 0 Å². The fourth-order valence-corrected chi connectivity index (χ4v) is 3.51. The first-order chi connectivity index (χ1) is 9.71. The minimum Gasteiger partial charge on any atom is -0.496 e. The number of hydrogen-bond donors (Lipinski definition) is 1. The monoisotopic (exact) mass is 276 g/mol. The quantitative estimate of drug-likeness (QED) is 0.912. The first kappa shape index (κ1) is 13.9. The number of fused-ring (bicyclic) bond motifs is 2. The first-order valence-corrected chi connectivity index (χ1v) is 7.45. The van der Waals surface area contributed by atoms with Crippen molar-refractivity contribution < 1.29 is 9.47 Å². The summed E-state index contributed by atoms with van der Waals surface area (Å²) in [7, 11) is 1.71. The Balaban J connectivity index is 1.80. The highest BCUT2D eigenvalue weighted by Gasteiger charge is 2.36. The van der Waals surface area contributed by atoms with Crippen molar-refractivity contribution in [1.82, 2.24) is 4.90 Å². The van der Waals surface area contributed by atoms with Crippen molar-refractivity contribution in [3.8, 4) is 5.75 Å². The molecule has 1 aromatic rings. The fourth-order valence-electron chi connectivity index (χ4n) is 3.51. The second-order valence-electron chi connectivity index (χ2n) is 5.89. The van der Waals surface area contributed by atoms with Crippen LogP contribution in [-0.4, -0.2) is 43.9 Å². The van der Waals surface area contributed by atoms with Crippen LogP contribution in [0.15, 0.2) is 18.2 Å². The van der Waals surface area contributed by atoms with Crippen LogP contribution in [-0.2, 0) is 4.74 Å². The largest absolute Gasteiger partial charge is 0.496 e. The van der Waals surface area contributed by atoms with Gasteiger partial charge in [0.05, 0.1) is 19.3 Å². The number of rotatable bonds is 4. The summed E-state index contributed by atoms with van der Waals surface area (Å²) < 4.78 is 11.3. The summed E-state index contributed by atoms with van der Waals surface area (Å²) in [5, 5.41) is 0. The number of hydrogen-bond acceptors (Lipinski definition) is 4. The molecule has 3 rings (SSSR count). The molecule has 0 radical (unpaired) electrons. The molecule has 3 unspecified atom stereocenters. The van der Waals surface area contributed by atoms with E-state index in [9.17, 15) is 0 Å². The third-order valence-electron chi connectivity index (χ3n) is 4.54. The van der Waals surface area contributed by atoms with Gasteiger partial charge in [0.15, 0.2) is 0 Å². The van der Waals surface area contributed by atoms with Gasteiger partial charge in [0, 0.05) is 25.7 Å². The van der Waals surface area contributed by atoms with E-state index in [4.69, 9.17) is 15.2 Å². The Labute approximate surface area is 120 Å². The third-order valence-corrected chi connectivity index (χ3v) is 4.54. The highest BCUT2D eigenvalue weighted by molar-refractivity contribution is 5.37. The molecule has 0 saturated carbocycles. The summed E-state index contributed by atoms with van der Waals surface area (Å²) >= 11 is 0. The van der Waals surface area contributed by atoms with Gasteiger partial charge in [0.2, 0.25) is 0 Å². The molecule has 0 spiro atoms. The zero-order chi connectivity index (χ0) is 14.1. The Morgan fingerprint density at radius 1 is 1.35 bits per heavy atom. The standard InChI is InChI=1S/C16H24N2O2/c1-11-7-12(3-6-16(11)19-2)15(8-17)18-9-13-4-5-14(10-18)20-13/h3,6-7,13-15H,4-5,8-10,17H2,1-2H3. The van der Waals surface area contributed by atoms with Crippen molar-refractivity contribution in [3.63, 3.8) is 0 Å². The van der Waals surface area contributed by atoms with E-state index in [1.165, 1.54) is 24.0 Å². The normalized spacial score (nSPS) is 27.6. The summed E-state index contributed by atoms with van der Waals surface area (Å²) in [6.45, 7) is 4.73. The number of aryl methyl sites for hydroxylation is 1. The Morgan fingerprint density at radius 3 is 2.60 bits per heavy atom. The van der Waals surface area contributed by atoms with E-state index in [2.05, 4.69) is 24.0 Å². The molecule has 20 heavy (non-hydrogen) atoms. The number of nitrogens with zero attached hydrogens (tertiary/aromatic N) is 1. The van der Waals surface area contributed by atoms with Crippen LogP contribution in [0.2, 0.25) is 0 Å². The lowest BCUT2D eigenvalue weighted by molar-refractivity contribution is -0.0521. The molecule has 1 aromatic carbocycles. The number of morpholine rings is 1. The summed E-state index contributed by atoms with van der Waals surface area (Å²) in [6.07, 6.45) is 3.20. The van der Waals surface area contributed by atoms with Gasteiger partial charge < -0.3 is 15.2 Å². The van der Waals surface area contributed by atoms with E-state index in [-0.39, 0.29) is 6.04 Å². The van der Waals surface area contributed by atoms with Gasteiger partial charge >= 0.3 is 0 Å². The van der Waals surface area contributed by atoms with Crippen LogP contribution in [0.1, 0.15) is 30.0 Å². The van der Waals surface area contributed by atoms with E-state index < -0.39 is 0 Å². The third kappa shape index (κ3) is 2.55. The molecular formula is C16H24N2O2. The Hall–Kier alpha value is -1.10. The van der Waals surface area contributed by atoms with Gasteiger partial charge in [-0.1, -0.05) is 12.1 Å². The molecule has 4 nitrogen and oxygen atoms in total. The first-order valence-electron chi connectivity index (χ1n) is 7.45. The summed E-state index contributed by atoms with van der Waals surface area (Å²) in [5.74, 6) is 0.937. The van der Waals surface area contributed by atoms with E-state index in [1.807, 2.05) is 6.07 Å². The Kier molecular flexibility index (Phi) is 3.96. The zero-order valence-electron chi connectivity index (χ0n) is 12.3. The molecule has 0 aromatic heterocycles. The number of methoxy groups -OCH3 is 1. The van der Waals surface area contributed by atoms with Crippen LogP contribution >= 0.6 is 0 Å². The maximum Gasteiger partial charge on any atom is 0.121 e. The van der Waals surface area contributed by atoms with Gasteiger partial charge in [0.1, 0.15) is 5.75 Å². The fraction of sp³-hybridized carbons (Fsp3) is 0.625. The number of nitrogens with two attached hydrogens (primary N) is 1. The minimum absolute atomic E-state index is 0.284. The van der Waals surface area contributed by atoms with Crippen molar-refractivity contribution in [3.05, 3.63) is 29.3 Å². The molecule has 3 atom stereocenters. The lowest BCUT2D eigenvalue weighted by atomic mass is 10.0. The molecule has 0 amide bonds. The van der Waals surface area contributed by atoms with Gasteiger partial charge in [-0.25, -0.2) is 0 Å². The molecule has 2 N–H and O–H groups in total. The molecule has 2 bridgehead atoms. The van der Waals surface area contributed by atoms with E-state index in [1.54, 1.807) is 7.11 Å². The average molecular weight is 276 g/mol. The van der Waals surface area contributed by atoms with Crippen molar-refractivity contribution in [2.24, 2.45) is 5.73 Å². The van der Waals surface area contributed by atoms with Crippen molar-refractivity contribution >= 4 is 0 Å². The Morgan fingerprint density at radius 2 is 2.05 bits per heavy atom. The van der Waals surface area contributed by atoms with Gasteiger partial charge in [0.25, 0.3) is 0 Å². The molecule has 4 heteroatoms. The molecule has 2 saturated heterocycles. The Bertz CT molecular complexity index is 466. The second kappa shape index (κ2) is 5.72. The zero-order valence-corrected chi connectivity index (χ0v) is 12.3. The molecule has 110 valence electrons. The van der Waals surface area contributed by atoms with E-state index in [0.29, 0.717) is 18.8 Å². The second-order valence-corrected chi connectivity index (χ2v) is 5.89. The highest BCUT2D eigenvalue weighted by Crippen LogP contribution is 2.32. The number of ether oxygens (including phenoxy) is 2. The van der Waals surface area contributed by atoms with Crippen molar-refractivity contribution in [2.45, 2.75) is 38.0 Å². The number of likely N-dealkylation sites (tertiary alicyclic amines) is 1. The predicted molar refractivity (Wildman–Crippen MR) is 79.0 cm³/mol. The van der Waals surface area contributed by atoms with Gasteiger partial charge in [-0.3, -0.25) is 4.90 Å². The van der Waals surface area contributed by atoms with Crippen LogP contribution < -0.4 is 10.5 Å². The molecule has 2 fully saturated rings. The summed E-state index contributed by atoms with van der Waals surface area (Å²) in [4.78, 5) is 2.49. The van der Waals surface area contributed by atoms with Crippen LogP contribution in [0.4, 0.5) is 0 Å². The highest BCUT2D eigenvalue weighted by atomic mass is 16.5. The summed E-state index contributed by atoms with van der Waals surface area (Å²) in [6, 6.07) is 6.67. The van der Waals surface area contributed by atoms with Gasteiger partial charge in [-0.05, 0) is 37.0 Å².